The van der Waals surface area contributed by atoms with Crippen LogP contribution in [0.2, 0.25) is 0 Å². The summed E-state index contributed by atoms with van der Waals surface area (Å²) in [5, 5.41) is 6.15. The van der Waals surface area contributed by atoms with Crippen LogP contribution in [0.5, 0.6) is 0 Å². The molecule has 7 nitrogen and oxygen atoms in total. The summed E-state index contributed by atoms with van der Waals surface area (Å²) in [4.78, 5) is 11.3. The first kappa shape index (κ1) is 15.0. The third kappa shape index (κ3) is 3.82. The smallest absolute Gasteiger partial charge is 0.224 e. The van der Waals surface area contributed by atoms with Gasteiger partial charge in [0.25, 0.3) is 0 Å². The van der Waals surface area contributed by atoms with E-state index in [4.69, 9.17) is 4.52 Å². The average molecular weight is 308 g/mol. The van der Waals surface area contributed by atoms with Gasteiger partial charge in [-0.05, 0) is 43.1 Å². The lowest BCUT2D eigenvalue weighted by molar-refractivity contribution is -0.115. The van der Waals surface area contributed by atoms with Crippen LogP contribution in [0.1, 0.15) is 19.1 Å². The zero-order chi connectivity index (χ0) is 15.5. The summed E-state index contributed by atoms with van der Waals surface area (Å²) in [5.74, 6) is 0.325. The Morgan fingerprint density at radius 2 is 2.00 bits per heavy atom. The molecule has 0 saturated heterocycles. The van der Waals surface area contributed by atoms with Crippen molar-refractivity contribution in [2.45, 2.75) is 25.2 Å². The van der Waals surface area contributed by atoms with E-state index in [1.54, 1.807) is 13.8 Å². The Kier molecular flexibility index (Phi) is 4.27. The fourth-order valence-corrected chi connectivity index (χ4v) is 2.45. The fraction of sp³-hybridized carbons (Fsp3) is 0.231. The summed E-state index contributed by atoms with van der Waals surface area (Å²) in [6.45, 7) is 3.37. The number of rotatable bonds is 5. The van der Waals surface area contributed by atoms with Crippen molar-refractivity contribution >= 4 is 27.4 Å². The van der Waals surface area contributed by atoms with E-state index >= 15 is 0 Å². The number of aryl methyl sites for hydroxylation is 1. The number of aromatic nitrogens is 1. The molecule has 0 radical (unpaired) electrons. The topological polar surface area (TPSA) is 103 Å². The van der Waals surface area contributed by atoms with E-state index in [0.29, 0.717) is 17.9 Å². The van der Waals surface area contributed by atoms with Gasteiger partial charge in [-0.3, -0.25) is 9.95 Å². The van der Waals surface area contributed by atoms with Crippen molar-refractivity contribution in [3.8, 4) is 0 Å². The monoisotopic (exact) mass is 308 g/mol. The van der Waals surface area contributed by atoms with Crippen LogP contribution in [0.3, 0.4) is 0 Å². The van der Waals surface area contributed by atoms with Gasteiger partial charge in [-0.25, -0.2) is 8.42 Å². The maximum Gasteiger partial charge on any atom is 0.224 e. The molecule has 0 saturated carbocycles. The van der Waals surface area contributed by atoms with Crippen LogP contribution in [0.25, 0.3) is 4.72 Å². The van der Waals surface area contributed by atoms with Gasteiger partial charge in [-0.15, -0.1) is 0 Å². The Hall–Kier alpha value is -2.35. The minimum atomic E-state index is -3.86. The van der Waals surface area contributed by atoms with Gasteiger partial charge in [0.05, 0.1) is 4.90 Å². The van der Waals surface area contributed by atoms with Crippen molar-refractivity contribution in [3.05, 3.63) is 40.8 Å². The number of hydrogen-bond donors (Lipinski definition) is 1. The van der Waals surface area contributed by atoms with Crippen LogP contribution in [0, 0.1) is 6.92 Å². The van der Waals surface area contributed by atoms with Crippen LogP contribution >= 0.6 is 0 Å². The Labute approximate surface area is 122 Å². The second kappa shape index (κ2) is 5.96. The van der Waals surface area contributed by atoms with E-state index in [2.05, 4.69) is 15.2 Å². The number of sulfonamides is 1. The first-order valence-corrected chi connectivity index (χ1v) is 7.66. The number of nitrogens with one attached hydrogen (secondary N) is 1. The molecule has 0 spiro atoms. The summed E-state index contributed by atoms with van der Waals surface area (Å²) >= 11 is 0. The van der Waals surface area contributed by atoms with E-state index in [9.17, 15) is 13.2 Å². The van der Waals surface area contributed by atoms with Crippen molar-refractivity contribution < 1.29 is 17.7 Å². The van der Waals surface area contributed by atoms with E-state index in [0.717, 1.165) is 0 Å². The number of benzene rings is 1. The zero-order valence-electron chi connectivity index (χ0n) is 11.5. The summed E-state index contributed by atoms with van der Waals surface area (Å²) in [7, 11) is -3.86. The molecule has 0 unspecified atom stereocenters. The second-order valence-corrected chi connectivity index (χ2v) is 5.89. The number of nitrogens with zero attached hydrogens (tertiary/aromatic N) is 2. The number of carbonyl (C=O) groups excluding carboxylic acids is 1. The third-order valence-corrected chi connectivity index (χ3v) is 3.88. The van der Waals surface area contributed by atoms with Crippen molar-refractivity contribution in [2.75, 3.05) is 5.32 Å². The van der Waals surface area contributed by atoms with Crippen LogP contribution in [-0.2, 0) is 14.8 Å². The quantitative estimate of drug-likeness (QED) is 0.914. The molecule has 8 heteroatoms. The maximum absolute atomic E-state index is 12.1. The van der Waals surface area contributed by atoms with Crippen LogP contribution in [0.15, 0.2) is 39.8 Å². The number of hydrogen-bond acceptors (Lipinski definition) is 5. The average Bonchev–Trinajstić information content (AvgIpc) is 2.83. The Bertz CT molecular complexity index is 735. The standard InChI is InChI=1S/C13H15N3O4S/c1-3-13(17)14-10-4-6-11(7-5-10)21(18,19)16-12-8-9(2)20-15-12/h4-8H,3H2,1-2H3,(H2,14,15,16,17)/p-1. The lowest BCUT2D eigenvalue weighted by atomic mass is 10.3. The van der Waals surface area contributed by atoms with Gasteiger partial charge in [0.1, 0.15) is 5.76 Å². The summed E-state index contributed by atoms with van der Waals surface area (Å²) in [6.07, 6.45) is 0.348. The van der Waals surface area contributed by atoms with Gasteiger partial charge in [0, 0.05) is 12.1 Å². The molecule has 1 amide bonds. The Morgan fingerprint density at radius 1 is 1.33 bits per heavy atom. The summed E-state index contributed by atoms with van der Waals surface area (Å²) in [6, 6.07) is 7.18. The first-order valence-electron chi connectivity index (χ1n) is 6.22. The van der Waals surface area contributed by atoms with E-state index in [-0.39, 0.29) is 16.6 Å². The van der Waals surface area contributed by atoms with E-state index in [1.165, 1.54) is 30.3 Å². The highest BCUT2D eigenvalue weighted by atomic mass is 32.2. The molecule has 1 N–H and O–H groups in total. The Balaban J connectivity index is 2.15. The molecule has 1 aromatic carbocycles. The first-order chi connectivity index (χ1) is 9.90. The number of carbonyl (C=O) groups is 1. The molecule has 0 aliphatic carbocycles. The fourth-order valence-electron chi connectivity index (χ4n) is 1.53. The minimum Gasteiger partial charge on any atom is -0.460 e. The number of anilines is 1. The van der Waals surface area contributed by atoms with Crippen LogP contribution < -0.4 is 5.32 Å². The van der Waals surface area contributed by atoms with Crippen LogP contribution in [0.4, 0.5) is 11.5 Å². The summed E-state index contributed by atoms with van der Waals surface area (Å²) < 4.78 is 32.5. The molecule has 0 atom stereocenters. The SMILES string of the molecule is CCC(=O)Nc1ccc(S(=O)(=O)[N-]c2cc(C)on2)cc1. The van der Waals surface area contributed by atoms with Crippen molar-refractivity contribution in [1.29, 1.82) is 0 Å². The summed E-state index contributed by atoms with van der Waals surface area (Å²) in [5.41, 5.74) is 0.526. The Morgan fingerprint density at radius 3 is 2.52 bits per heavy atom. The lowest BCUT2D eigenvalue weighted by Gasteiger charge is -2.12. The zero-order valence-corrected chi connectivity index (χ0v) is 12.3. The highest BCUT2D eigenvalue weighted by molar-refractivity contribution is 7.94. The van der Waals surface area contributed by atoms with Crippen molar-refractivity contribution in [1.82, 2.24) is 5.16 Å². The number of amides is 1. The molecule has 2 rings (SSSR count). The largest absolute Gasteiger partial charge is 0.460 e. The van der Waals surface area contributed by atoms with E-state index < -0.39 is 10.0 Å². The van der Waals surface area contributed by atoms with Crippen LogP contribution in [-0.4, -0.2) is 19.5 Å². The molecular weight excluding hydrogens is 294 g/mol. The molecule has 0 aliphatic heterocycles. The van der Waals surface area contributed by atoms with Gasteiger partial charge in [-0.1, -0.05) is 6.92 Å². The molecule has 0 fully saturated rings. The normalized spacial score (nSPS) is 11.1. The molecule has 2 aromatic rings. The van der Waals surface area contributed by atoms with E-state index in [1.807, 2.05) is 0 Å². The van der Waals surface area contributed by atoms with Gasteiger partial charge in [0.2, 0.25) is 15.9 Å². The van der Waals surface area contributed by atoms with Gasteiger partial charge >= 0.3 is 0 Å². The molecule has 0 bridgehead atoms. The van der Waals surface area contributed by atoms with Gasteiger partial charge < -0.3 is 14.6 Å². The predicted octanol–water partition coefficient (Wildman–Crippen LogP) is 2.73. The lowest BCUT2D eigenvalue weighted by Crippen LogP contribution is -2.09. The highest BCUT2D eigenvalue weighted by Gasteiger charge is 2.10. The van der Waals surface area contributed by atoms with Gasteiger partial charge in [-0.2, -0.15) is 0 Å². The third-order valence-electron chi connectivity index (χ3n) is 2.59. The predicted molar refractivity (Wildman–Crippen MR) is 76.8 cm³/mol. The molecule has 0 aliphatic rings. The maximum atomic E-state index is 12.1. The highest BCUT2D eigenvalue weighted by Crippen LogP contribution is 2.27. The molecule has 1 heterocycles. The van der Waals surface area contributed by atoms with Crippen molar-refractivity contribution in [2.24, 2.45) is 0 Å². The molecule has 1 aromatic heterocycles. The van der Waals surface area contributed by atoms with Crippen molar-refractivity contribution in [3.63, 3.8) is 0 Å². The molecule has 112 valence electrons. The molecular formula is C13H14N3O4S-. The minimum absolute atomic E-state index is 0.00383. The second-order valence-electron chi connectivity index (χ2n) is 4.29. The molecule has 21 heavy (non-hydrogen) atoms. The van der Waals surface area contributed by atoms with Gasteiger partial charge in [0.15, 0.2) is 0 Å².